The molecule has 0 bridgehead atoms. The number of hydrogen-bond donors (Lipinski definition) is 0. The van der Waals surface area contributed by atoms with E-state index in [2.05, 4.69) is 6.07 Å². The fourth-order valence-corrected chi connectivity index (χ4v) is 4.48. The zero-order valence-electron chi connectivity index (χ0n) is 14.1. The van der Waals surface area contributed by atoms with Crippen molar-refractivity contribution in [1.82, 2.24) is 9.88 Å². The Morgan fingerprint density at radius 2 is 1.96 bits per heavy atom. The first-order chi connectivity index (χ1) is 12.3. The van der Waals surface area contributed by atoms with Gasteiger partial charge in [-0.1, -0.05) is 12.1 Å². The molecule has 0 spiro atoms. The maximum atomic E-state index is 13.1. The SMILES string of the molecule is COc1ccc(C(=O)N2CCCCC2c2nc3ccccc3s2)cc1. The molecule has 1 atom stereocenters. The second-order valence-corrected chi connectivity index (χ2v) is 7.32. The predicted octanol–water partition coefficient (Wildman–Crippen LogP) is 4.67. The van der Waals surface area contributed by atoms with Gasteiger partial charge in [-0.3, -0.25) is 4.79 Å². The summed E-state index contributed by atoms with van der Waals surface area (Å²) in [5, 5.41) is 1.04. The van der Waals surface area contributed by atoms with Gasteiger partial charge in [0.15, 0.2) is 0 Å². The summed E-state index contributed by atoms with van der Waals surface area (Å²) < 4.78 is 6.37. The van der Waals surface area contributed by atoms with E-state index in [1.54, 1.807) is 18.4 Å². The first-order valence-electron chi connectivity index (χ1n) is 8.57. The van der Waals surface area contributed by atoms with Crippen LogP contribution in [0.2, 0.25) is 0 Å². The molecular weight excluding hydrogens is 332 g/mol. The Hall–Kier alpha value is -2.40. The van der Waals surface area contributed by atoms with Gasteiger partial charge in [-0.15, -0.1) is 11.3 Å². The first-order valence-corrected chi connectivity index (χ1v) is 9.38. The normalized spacial score (nSPS) is 17.6. The number of benzene rings is 2. The lowest BCUT2D eigenvalue weighted by Crippen LogP contribution is -2.38. The monoisotopic (exact) mass is 352 g/mol. The number of para-hydroxylation sites is 1. The summed E-state index contributed by atoms with van der Waals surface area (Å²) in [7, 11) is 1.63. The average molecular weight is 352 g/mol. The Morgan fingerprint density at radius 3 is 2.72 bits per heavy atom. The van der Waals surface area contributed by atoms with Crippen molar-refractivity contribution in [2.45, 2.75) is 25.3 Å². The van der Waals surface area contributed by atoms with Crippen molar-refractivity contribution >= 4 is 27.5 Å². The molecule has 1 unspecified atom stereocenters. The van der Waals surface area contributed by atoms with E-state index in [1.165, 1.54) is 4.70 Å². The van der Waals surface area contributed by atoms with Crippen LogP contribution in [-0.4, -0.2) is 29.4 Å². The van der Waals surface area contributed by atoms with E-state index in [-0.39, 0.29) is 11.9 Å². The zero-order chi connectivity index (χ0) is 17.2. The molecule has 1 fully saturated rings. The second kappa shape index (κ2) is 6.84. The van der Waals surface area contributed by atoms with Crippen LogP contribution < -0.4 is 4.74 Å². The van der Waals surface area contributed by atoms with Crippen LogP contribution in [0, 0.1) is 0 Å². The van der Waals surface area contributed by atoms with Gasteiger partial charge < -0.3 is 9.64 Å². The molecule has 128 valence electrons. The quantitative estimate of drug-likeness (QED) is 0.688. The van der Waals surface area contributed by atoms with Crippen molar-refractivity contribution in [3.63, 3.8) is 0 Å². The van der Waals surface area contributed by atoms with Crippen molar-refractivity contribution in [3.8, 4) is 5.75 Å². The Morgan fingerprint density at radius 1 is 1.16 bits per heavy atom. The van der Waals surface area contributed by atoms with Gasteiger partial charge in [0, 0.05) is 12.1 Å². The van der Waals surface area contributed by atoms with Crippen molar-refractivity contribution < 1.29 is 9.53 Å². The molecule has 1 amide bonds. The highest BCUT2D eigenvalue weighted by molar-refractivity contribution is 7.18. The third-order valence-electron chi connectivity index (χ3n) is 4.70. The number of methoxy groups -OCH3 is 1. The van der Waals surface area contributed by atoms with Gasteiger partial charge in [-0.2, -0.15) is 0 Å². The molecular formula is C20H20N2O2S. The van der Waals surface area contributed by atoms with Crippen molar-refractivity contribution in [2.24, 2.45) is 0 Å². The van der Waals surface area contributed by atoms with E-state index in [0.717, 1.165) is 42.1 Å². The number of amides is 1. The number of aromatic nitrogens is 1. The average Bonchev–Trinajstić information content (AvgIpc) is 3.11. The molecule has 0 N–H and O–H groups in total. The first kappa shape index (κ1) is 16.1. The molecule has 0 aliphatic carbocycles. The van der Waals surface area contributed by atoms with Gasteiger partial charge in [0.2, 0.25) is 0 Å². The Balaban J connectivity index is 1.64. The summed E-state index contributed by atoms with van der Waals surface area (Å²) in [5.74, 6) is 0.838. The van der Waals surface area contributed by atoms with Gasteiger partial charge in [-0.05, 0) is 55.7 Å². The fourth-order valence-electron chi connectivity index (χ4n) is 3.36. The molecule has 1 aliphatic heterocycles. The van der Waals surface area contributed by atoms with Gasteiger partial charge in [-0.25, -0.2) is 4.98 Å². The molecule has 2 aromatic carbocycles. The minimum Gasteiger partial charge on any atom is -0.497 e. The van der Waals surface area contributed by atoms with Crippen LogP contribution >= 0.6 is 11.3 Å². The molecule has 2 heterocycles. The highest BCUT2D eigenvalue weighted by Gasteiger charge is 2.30. The Bertz CT molecular complexity index is 855. The summed E-state index contributed by atoms with van der Waals surface area (Å²) in [6.07, 6.45) is 3.15. The molecule has 1 saturated heterocycles. The molecule has 4 rings (SSSR count). The number of ether oxygens (including phenoxy) is 1. The van der Waals surface area contributed by atoms with E-state index in [0.29, 0.717) is 5.56 Å². The molecule has 5 heteroatoms. The van der Waals surface area contributed by atoms with E-state index in [1.807, 2.05) is 47.4 Å². The van der Waals surface area contributed by atoms with Crippen molar-refractivity contribution in [1.29, 1.82) is 0 Å². The van der Waals surface area contributed by atoms with Crippen LogP contribution in [-0.2, 0) is 0 Å². The number of thiazole rings is 1. The third kappa shape index (κ3) is 3.12. The molecule has 25 heavy (non-hydrogen) atoms. The summed E-state index contributed by atoms with van der Waals surface area (Å²) in [5.41, 5.74) is 1.72. The summed E-state index contributed by atoms with van der Waals surface area (Å²) in [6.45, 7) is 0.783. The Kier molecular flexibility index (Phi) is 4.40. The standard InChI is InChI=1S/C20H20N2O2S/c1-24-15-11-9-14(10-12-15)20(23)22-13-5-4-7-17(22)19-21-16-6-2-3-8-18(16)25-19/h2-3,6,8-12,17H,4-5,7,13H2,1H3. The van der Waals surface area contributed by atoms with Gasteiger partial charge in [0.1, 0.15) is 10.8 Å². The maximum Gasteiger partial charge on any atom is 0.254 e. The number of carbonyl (C=O) groups is 1. The van der Waals surface area contributed by atoms with Crippen molar-refractivity contribution in [2.75, 3.05) is 13.7 Å². The van der Waals surface area contributed by atoms with E-state index in [9.17, 15) is 4.79 Å². The molecule has 1 aliphatic rings. The number of fused-ring (bicyclic) bond motifs is 1. The van der Waals surface area contributed by atoms with Crippen molar-refractivity contribution in [3.05, 3.63) is 59.1 Å². The highest BCUT2D eigenvalue weighted by atomic mass is 32.1. The fraction of sp³-hybridized carbons (Fsp3) is 0.300. The largest absolute Gasteiger partial charge is 0.497 e. The number of likely N-dealkylation sites (tertiary alicyclic amines) is 1. The van der Waals surface area contributed by atoms with Gasteiger partial charge in [0.25, 0.3) is 5.91 Å². The number of nitrogens with zero attached hydrogens (tertiary/aromatic N) is 2. The molecule has 3 aromatic rings. The lowest BCUT2D eigenvalue weighted by atomic mass is 10.0. The summed E-state index contributed by atoms with van der Waals surface area (Å²) in [4.78, 5) is 19.8. The minimum absolute atomic E-state index is 0.0701. The summed E-state index contributed by atoms with van der Waals surface area (Å²) >= 11 is 1.70. The van der Waals surface area contributed by atoms with Crippen LogP contribution in [0.5, 0.6) is 5.75 Å². The zero-order valence-corrected chi connectivity index (χ0v) is 15.0. The van der Waals surface area contributed by atoms with Crippen LogP contribution in [0.1, 0.15) is 40.7 Å². The van der Waals surface area contributed by atoms with E-state index in [4.69, 9.17) is 9.72 Å². The van der Waals surface area contributed by atoms with E-state index >= 15 is 0 Å². The molecule has 0 radical (unpaired) electrons. The van der Waals surface area contributed by atoms with E-state index < -0.39 is 0 Å². The second-order valence-electron chi connectivity index (χ2n) is 6.26. The molecule has 0 saturated carbocycles. The Labute approximate surface area is 151 Å². The van der Waals surface area contributed by atoms with Gasteiger partial charge >= 0.3 is 0 Å². The summed E-state index contributed by atoms with van der Waals surface area (Å²) in [6, 6.07) is 15.6. The third-order valence-corrected chi connectivity index (χ3v) is 5.83. The smallest absolute Gasteiger partial charge is 0.254 e. The number of carbonyl (C=O) groups excluding carboxylic acids is 1. The number of piperidine rings is 1. The molecule has 4 nitrogen and oxygen atoms in total. The lowest BCUT2D eigenvalue weighted by Gasteiger charge is -2.34. The lowest BCUT2D eigenvalue weighted by molar-refractivity contribution is 0.0611. The van der Waals surface area contributed by atoms with Crippen LogP contribution in [0.15, 0.2) is 48.5 Å². The number of hydrogen-bond acceptors (Lipinski definition) is 4. The molecule has 1 aromatic heterocycles. The predicted molar refractivity (Wildman–Crippen MR) is 100 cm³/mol. The van der Waals surface area contributed by atoms with Gasteiger partial charge in [0.05, 0.1) is 23.4 Å². The minimum atomic E-state index is 0.0701. The highest BCUT2D eigenvalue weighted by Crippen LogP contribution is 2.36. The van der Waals surface area contributed by atoms with Crippen LogP contribution in [0.4, 0.5) is 0 Å². The van der Waals surface area contributed by atoms with Crippen LogP contribution in [0.25, 0.3) is 10.2 Å². The number of rotatable bonds is 3. The topological polar surface area (TPSA) is 42.4 Å². The maximum absolute atomic E-state index is 13.1. The van der Waals surface area contributed by atoms with Crippen LogP contribution in [0.3, 0.4) is 0 Å².